The van der Waals surface area contributed by atoms with E-state index in [0.29, 0.717) is 0 Å². The van der Waals surface area contributed by atoms with Gasteiger partial charge in [0.05, 0.1) is 0 Å². The fraction of sp³-hybridized carbons (Fsp3) is 1.00. The van der Waals surface area contributed by atoms with Gasteiger partial charge in [-0.25, -0.2) is 4.39 Å². The van der Waals surface area contributed by atoms with Crippen LogP contribution >= 0.6 is 0 Å². The number of alkyl halides is 7. The normalized spacial score (nSPS) is 13.8. The maximum atomic E-state index is 12.2. The molecule has 0 radical (unpaired) electrons. The van der Waals surface area contributed by atoms with Crippen molar-refractivity contribution >= 4 is 113 Å². The molecule has 0 aromatic rings. The second-order valence-corrected chi connectivity index (χ2v) is 3.58. The second-order valence-electron chi connectivity index (χ2n) is 2.07. The van der Waals surface area contributed by atoms with Crippen molar-refractivity contribution in [3.8, 4) is 0 Å². The predicted octanol–water partition coefficient (Wildman–Crippen LogP) is 0.368. The number of hydrogen-bond donors (Lipinski definition) is 1. The molecule has 0 aromatic heterocycles. The van der Waals surface area contributed by atoms with Gasteiger partial charge in [0.1, 0.15) is 0 Å². The van der Waals surface area contributed by atoms with Crippen molar-refractivity contribution in [3.63, 3.8) is 0 Å². The molecule has 90 valence electrons. The van der Waals surface area contributed by atoms with Gasteiger partial charge < -0.3 is 0 Å². The first-order chi connectivity index (χ1) is 5.75. The van der Waals surface area contributed by atoms with Crippen LogP contribution in [-0.2, 0) is 10.1 Å². The molecular formula is C3H3F7K2O3S. The Balaban J connectivity index is -0.000000845. The first-order valence-corrected chi connectivity index (χ1v) is 3.98. The summed E-state index contributed by atoms with van der Waals surface area (Å²) < 4.78 is 108. The summed E-state index contributed by atoms with van der Waals surface area (Å²) in [6, 6.07) is 0. The van der Waals surface area contributed by atoms with Crippen LogP contribution in [0.5, 0.6) is 0 Å². The Morgan fingerprint density at radius 2 is 0.938 bits per heavy atom. The van der Waals surface area contributed by atoms with E-state index in [1.165, 1.54) is 0 Å². The Labute approximate surface area is 170 Å². The Morgan fingerprint density at radius 3 is 0.938 bits per heavy atom. The van der Waals surface area contributed by atoms with Crippen molar-refractivity contribution in [2.75, 3.05) is 0 Å². The van der Waals surface area contributed by atoms with Gasteiger partial charge in [-0.15, -0.1) is 0 Å². The maximum absolute atomic E-state index is 12.2. The molecule has 3 nitrogen and oxygen atoms in total. The first-order valence-electron chi connectivity index (χ1n) is 2.54. The molecule has 1 N–H and O–H groups in total. The summed E-state index contributed by atoms with van der Waals surface area (Å²) in [5.41, 5.74) is 0. The van der Waals surface area contributed by atoms with E-state index in [2.05, 4.69) is 0 Å². The molecule has 13 heteroatoms. The van der Waals surface area contributed by atoms with E-state index in [4.69, 9.17) is 4.55 Å². The molecule has 0 fully saturated rings. The average Bonchev–Trinajstić information content (AvgIpc) is 1.77. The molecule has 0 aliphatic heterocycles. The van der Waals surface area contributed by atoms with Crippen LogP contribution in [0.1, 0.15) is 0 Å². The van der Waals surface area contributed by atoms with Crippen LogP contribution in [0.2, 0.25) is 0 Å². The van der Waals surface area contributed by atoms with Crippen molar-refractivity contribution in [2.24, 2.45) is 0 Å². The van der Waals surface area contributed by atoms with Crippen LogP contribution in [0, 0.1) is 0 Å². The predicted molar refractivity (Wildman–Crippen MR) is 41.8 cm³/mol. The molecule has 0 saturated carbocycles. The van der Waals surface area contributed by atoms with Crippen LogP contribution in [0.25, 0.3) is 0 Å². The zero-order chi connectivity index (χ0) is 12.0. The number of rotatable bonds is 1. The molecule has 0 rings (SSSR count). The Bertz CT molecular complexity index is 305. The standard InChI is InChI=1S/C3HF7O3S.2K.2H/c4-1(2(5,6)7,3(8,9)10)14(11,12)13;;;;/h(H,11,12,13);;;;. The summed E-state index contributed by atoms with van der Waals surface area (Å²) >= 11 is 0. The van der Waals surface area contributed by atoms with Gasteiger partial charge >= 0.3 is 130 Å². The average molecular weight is 330 g/mol. The van der Waals surface area contributed by atoms with Gasteiger partial charge in [-0.1, -0.05) is 0 Å². The number of hydrogen-bond acceptors (Lipinski definition) is 2. The van der Waals surface area contributed by atoms with Crippen molar-refractivity contribution in [3.05, 3.63) is 0 Å². The summed E-state index contributed by atoms with van der Waals surface area (Å²) in [4.78, 5) is 0. The monoisotopic (exact) mass is 330 g/mol. The molecule has 0 atom stereocenters. The zero-order valence-electron chi connectivity index (χ0n) is 5.82. The second kappa shape index (κ2) is 6.92. The van der Waals surface area contributed by atoms with Gasteiger partial charge in [0, 0.05) is 0 Å². The third-order valence-electron chi connectivity index (χ3n) is 1.08. The van der Waals surface area contributed by atoms with Gasteiger partial charge in [-0.2, -0.15) is 34.8 Å². The molecule has 0 saturated heterocycles. The minimum absolute atomic E-state index is 0. The van der Waals surface area contributed by atoms with E-state index < -0.39 is 27.5 Å². The Kier molecular flexibility index (Phi) is 10.3. The third kappa shape index (κ3) is 4.66. The van der Waals surface area contributed by atoms with E-state index in [1.807, 2.05) is 0 Å². The van der Waals surface area contributed by atoms with Crippen molar-refractivity contribution in [1.29, 1.82) is 0 Å². The summed E-state index contributed by atoms with van der Waals surface area (Å²) in [6.07, 6.45) is -13.6. The number of halogens is 7. The molecule has 0 aliphatic rings. The first kappa shape index (κ1) is 23.8. The third-order valence-corrected chi connectivity index (χ3v) is 2.26. The topological polar surface area (TPSA) is 54.4 Å². The summed E-state index contributed by atoms with van der Waals surface area (Å²) in [5.74, 6) is 0. The fourth-order valence-electron chi connectivity index (χ4n) is 0.453. The van der Waals surface area contributed by atoms with Crippen LogP contribution < -0.4 is 0 Å². The van der Waals surface area contributed by atoms with Crippen molar-refractivity contribution in [1.82, 2.24) is 0 Å². The van der Waals surface area contributed by atoms with E-state index in [0.717, 1.165) is 0 Å². The van der Waals surface area contributed by atoms with Gasteiger partial charge in [0.25, 0.3) is 0 Å². The van der Waals surface area contributed by atoms with E-state index >= 15 is 0 Å². The molecule has 0 spiro atoms. The Morgan fingerprint density at radius 1 is 0.750 bits per heavy atom. The van der Waals surface area contributed by atoms with Gasteiger partial charge in [0.15, 0.2) is 0 Å². The van der Waals surface area contributed by atoms with Crippen LogP contribution in [0.3, 0.4) is 0 Å². The molecule has 0 aliphatic carbocycles. The molecule has 16 heavy (non-hydrogen) atoms. The van der Waals surface area contributed by atoms with Crippen LogP contribution in [0.15, 0.2) is 0 Å². The van der Waals surface area contributed by atoms with E-state index in [9.17, 15) is 39.2 Å². The molecule has 0 aromatic carbocycles. The molecular weight excluding hydrogens is 327 g/mol. The minimum atomic E-state index is -7.00. The van der Waals surface area contributed by atoms with Crippen molar-refractivity contribution < 1.29 is 43.7 Å². The SMILES string of the molecule is O=S(=O)(O)C(F)(C(F)(F)F)C(F)(F)F.[KH].[KH]. The summed E-state index contributed by atoms with van der Waals surface area (Å²) in [7, 11) is -7.00. The molecule has 0 unspecified atom stereocenters. The van der Waals surface area contributed by atoms with Gasteiger partial charge in [-0.05, 0) is 0 Å². The zero-order valence-corrected chi connectivity index (χ0v) is 6.63. The summed E-state index contributed by atoms with van der Waals surface area (Å²) in [6.45, 7) is 0. The molecule has 0 amide bonds. The van der Waals surface area contributed by atoms with E-state index in [-0.39, 0.29) is 103 Å². The Hall–Kier alpha value is 2.69. The molecule has 0 bridgehead atoms. The summed E-state index contributed by atoms with van der Waals surface area (Å²) in [5, 5.41) is -6.66. The quantitative estimate of drug-likeness (QED) is 0.429. The van der Waals surface area contributed by atoms with Gasteiger partial charge in [-0.3, -0.25) is 4.55 Å². The fourth-order valence-corrected chi connectivity index (χ4v) is 1.04. The van der Waals surface area contributed by atoms with Crippen LogP contribution in [-0.4, -0.2) is 133 Å². The van der Waals surface area contributed by atoms with E-state index in [1.54, 1.807) is 0 Å². The van der Waals surface area contributed by atoms with Gasteiger partial charge in [0.2, 0.25) is 0 Å². The molecule has 0 heterocycles. The van der Waals surface area contributed by atoms with Crippen LogP contribution in [0.4, 0.5) is 30.7 Å². The van der Waals surface area contributed by atoms with Crippen molar-refractivity contribution in [2.45, 2.75) is 17.4 Å².